The topological polar surface area (TPSA) is 80.3 Å². The summed E-state index contributed by atoms with van der Waals surface area (Å²) in [5, 5.41) is 2.13. The number of benzene rings is 3. The van der Waals surface area contributed by atoms with Gasteiger partial charge in [0.15, 0.2) is 9.84 Å². The van der Waals surface area contributed by atoms with Gasteiger partial charge in [0.1, 0.15) is 0 Å². The lowest BCUT2D eigenvalue weighted by Crippen LogP contribution is -2.23. The SMILES string of the molecule is CS(=O)(=O)c1ccc(S(=O)(=O)NCc2ccc3ccccc3c2)cc1. The minimum atomic E-state index is -3.72. The number of sulfonamides is 1. The summed E-state index contributed by atoms with van der Waals surface area (Å²) < 4.78 is 50.2. The Bertz CT molecular complexity index is 1120. The molecule has 3 aromatic rings. The van der Waals surface area contributed by atoms with E-state index in [1.807, 2.05) is 42.5 Å². The summed E-state index contributed by atoms with van der Waals surface area (Å²) >= 11 is 0. The van der Waals surface area contributed by atoms with Crippen molar-refractivity contribution in [3.05, 3.63) is 72.3 Å². The molecule has 0 unspecified atom stereocenters. The number of rotatable bonds is 5. The van der Waals surface area contributed by atoms with E-state index >= 15 is 0 Å². The van der Waals surface area contributed by atoms with Crippen molar-refractivity contribution in [2.75, 3.05) is 6.26 Å². The Morgan fingerprint density at radius 1 is 0.760 bits per heavy atom. The molecular weight excluding hydrogens is 358 g/mol. The minimum Gasteiger partial charge on any atom is -0.224 e. The molecule has 0 heterocycles. The molecule has 0 aliphatic carbocycles. The van der Waals surface area contributed by atoms with Gasteiger partial charge in [-0.2, -0.15) is 0 Å². The summed E-state index contributed by atoms with van der Waals surface area (Å²) in [6.07, 6.45) is 1.08. The third-order valence-electron chi connectivity index (χ3n) is 3.84. The van der Waals surface area contributed by atoms with Crippen LogP contribution in [0.1, 0.15) is 5.56 Å². The molecule has 0 bridgehead atoms. The summed E-state index contributed by atoms with van der Waals surface area (Å²) in [4.78, 5) is 0.113. The summed E-state index contributed by atoms with van der Waals surface area (Å²) in [6.45, 7) is 0.154. The van der Waals surface area contributed by atoms with Crippen LogP contribution in [-0.4, -0.2) is 23.1 Å². The fraction of sp³-hybridized carbons (Fsp3) is 0.111. The largest absolute Gasteiger partial charge is 0.240 e. The Labute approximate surface area is 147 Å². The van der Waals surface area contributed by atoms with Crippen LogP contribution in [0.25, 0.3) is 10.8 Å². The molecule has 0 aliphatic rings. The van der Waals surface area contributed by atoms with Gasteiger partial charge in [-0.3, -0.25) is 0 Å². The molecule has 0 fully saturated rings. The number of nitrogens with one attached hydrogen (secondary N) is 1. The first kappa shape index (κ1) is 17.6. The quantitative estimate of drug-likeness (QED) is 0.743. The van der Waals surface area contributed by atoms with E-state index in [1.54, 1.807) is 0 Å². The minimum absolute atomic E-state index is 0.0284. The van der Waals surface area contributed by atoms with Gasteiger partial charge in [0, 0.05) is 12.8 Å². The van der Waals surface area contributed by atoms with E-state index in [1.165, 1.54) is 24.3 Å². The first-order valence-electron chi connectivity index (χ1n) is 7.53. The van der Waals surface area contributed by atoms with Crippen molar-refractivity contribution < 1.29 is 16.8 Å². The molecule has 130 valence electrons. The van der Waals surface area contributed by atoms with E-state index < -0.39 is 19.9 Å². The fourth-order valence-electron chi connectivity index (χ4n) is 2.48. The smallest absolute Gasteiger partial charge is 0.224 e. The molecule has 0 aromatic heterocycles. The third kappa shape index (κ3) is 4.07. The van der Waals surface area contributed by atoms with Crippen LogP contribution in [0.5, 0.6) is 0 Å². The van der Waals surface area contributed by atoms with Crippen LogP contribution in [0.2, 0.25) is 0 Å². The van der Waals surface area contributed by atoms with Gasteiger partial charge < -0.3 is 0 Å². The third-order valence-corrected chi connectivity index (χ3v) is 6.39. The maximum atomic E-state index is 12.4. The summed E-state index contributed by atoms with van der Waals surface area (Å²) in [7, 11) is -7.08. The Kier molecular flexibility index (Phi) is 4.64. The van der Waals surface area contributed by atoms with Gasteiger partial charge in [0.25, 0.3) is 0 Å². The average Bonchev–Trinajstić information content (AvgIpc) is 2.59. The molecule has 0 saturated heterocycles. The molecule has 0 radical (unpaired) electrons. The second-order valence-corrected chi connectivity index (χ2v) is 9.53. The summed E-state index contributed by atoms with van der Waals surface area (Å²) in [5.74, 6) is 0. The van der Waals surface area contributed by atoms with E-state index in [0.717, 1.165) is 22.6 Å². The molecule has 7 heteroatoms. The first-order chi connectivity index (χ1) is 11.8. The van der Waals surface area contributed by atoms with Crippen LogP contribution in [-0.2, 0) is 26.4 Å². The highest BCUT2D eigenvalue weighted by molar-refractivity contribution is 7.90. The van der Waals surface area contributed by atoms with Crippen molar-refractivity contribution in [2.24, 2.45) is 0 Å². The molecule has 0 aliphatic heterocycles. The Morgan fingerprint density at radius 2 is 1.36 bits per heavy atom. The van der Waals surface area contributed by atoms with Crippen LogP contribution in [0.15, 0.2) is 76.5 Å². The van der Waals surface area contributed by atoms with Gasteiger partial charge in [0.05, 0.1) is 9.79 Å². The van der Waals surface area contributed by atoms with Gasteiger partial charge >= 0.3 is 0 Å². The number of sulfone groups is 1. The predicted molar refractivity (Wildman–Crippen MR) is 97.5 cm³/mol. The second kappa shape index (κ2) is 6.59. The van der Waals surface area contributed by atoms with Crippen molar-refractivity contribution in [3.63, 3.8) is 0 Å². The fourth-order valence-corrected chi connectivity index (χ4v) is 4.12. The maximum absolute atomic E-state index is 12.4. The lowest BCUT2D eigenvalue weighted by molar-refractivity contribution is 0.580. The second-order valence-electron chi connectivity index (χ2n) is 5.75. The standard InChI is InChI=1S/C18H17NO4S2/c1-24(20,21)17-8-10-18(11-9-17)25(22,23)19-13-14-6-7-15-4-2-3-5-16(15)12-14/h2-12,19H,13H2,1H3. The van der Waals surface area contributed by atoms with Crippen molar-refractivity contribution >= 4 is 30.6 Å². The zero-order chi connectivity index (χ0) is 18.1. The van der Waals surface area contributed by atoms with Crippen LogP contribution < -0.4 is 4.72 Å². The van der Waals surface area contributed by atoms with Gasteiger partial charge in [-0.15, -0.1) is 0 Å². The first-order valence-corrected chi connectivity index (χ1v) is 10.9. The van der Waals surface area contributed by atoms with E-state index in [2.05, 4.69) is 4.72 Å². The molecule has 1 N–H and O–H groups in total. The van der Waals surface area contributed by atoms with Crippen LogP contribution in [0.3, 0.4) is 0 Å². The van der Waals surface area contributed by atoms with E-state index in [-0.39, 0.29) is 16.3 Å². The van der Waals surface area contributed by atoms with Crippen molar-refractivity contribution in [1.82, 2.24) is 4.72 Å². The number of hydrogen-bond acceptors (Lipinski definition) is 4. The Balaban J connectivity index is 1.78. The molecule has 25 heavy (non-hydrogen) atoms. The molecule has 3 aromatic carbocycles. The van der Waals surface area contributed by atoms with Crippen molar-refractivity contribution in [3.8, 4) is 0 Å². The Hall–Kier alpha value is -2.22. The van der Waals surface area contributed by atoms with Crippen molar-refractivity contribution in [1.29, 1.82) is 0 Å². The monoisotopic (exact) mass is 375 g/mol. The average molecular weight is 375 g/mol. The molecule has 0 amide bonds. The normalized spacial score (nSPS) is 12.4. The summed E-state index contributed by atoms with van der Waals surface area (Å²) in [5.41, 5.74) is 0.843. The van der Waals surface area contributed by atoms with E-state index in [9.17, 15) is 16.8 Å². The van der Waals surface area contributed by atoms with Crippen LogP contribution >= 0.6 is 0 Å². The highest BCUT2D eigenvalue weighted by Crippen LogP contribution is 2.17. The van der Waals surface area contributed by atoms with Crippen LogP contribution in [0.4, 0.5) is 0 Å². The Morgan fingerprint density at radius 3 is 2.00 bits per heavy atom. The summed E-state index contributed by atoms with van der Waals surface area (Å²) in [6, 6.07) is 18.8. The van der Waals surface area contributed by atoms with Gasteiger partial charge in [-0.1, -0.05) is 36.4 Å². The lowest BCUT2D eigenvalue weighted by atomic mass is 10.1. The van der Waals surface area contributed by atoms with E-state index in [4.69, 9.17) is 0 Å². The highest BCUT2D eigenvalue weighted by Gasteiger charge is 2.15. The van der Waals surface area contributed by atoms with Gasteiger partial charge in [-0.05, 0) is 46.7 Å². The van der Waals surface area contributed by atoms with Crippen LogP contribution in [0, 0.1) is 0 Å². The van der Waals surface area contributed by atoms with Gasteiger partial charge in [-0.25, -0.2) is 21.6 Å². The zero-order valence-corrected chi connectivity index (χ0v) is 15.1. The molecule has 0 saturated carbocycles. The van der Waals surface area contributed by atoms with Gasteiger partial charge in [0.2, 0.25) is 10.0 Å². The predicted octanol–water partition coefficient (Wildman–Crippen LogP) is 2.72. The van der Waals surface area contributed by atoms with Crippen molar-refractivity contribution in [2.45, 2.75) is 16.3 Å². The zero-order valence-electron chi connectivity index (χ0n) is 13.5. The number of fused-ring (bicyclic) bond motifs is 1. The highest BCUT2D eigenvalue weighted by atomic mass is 32.2. The molecular formula is C18H17NO4S2. The molecule has 0 atom stereocenters. The van der Waals surface area contributed by atoms with E-state index in [0.29, 0.717) is 0 Å². The number of hydrogen-bond donors (Lipinski definition) is 1. The lowest BCUT2D eigenvalue weighted by Gasteiger charge is -2.08. The maximum Gasteiger partial charge on any atom is 0.240 e. The molecule has 0 spiro atoms. The molecule has 5 nitrogen and oxygen atoms in total. The molecule has 3 rings (SSSR count).